The molecule has 3 heteroatoms. The van der Waals surface area contributed by atoms with Gasteiger partial charge in [0.2, 0.25) is 0 Å². The molecule has 1 aliphatic heterocycles. The first-order valence-corrected chi connectivity index (χ1v) is 4.56. The third kappa shape index (κ3) is 2.44. The largest absolute Gasteiger partial charge is 0.380 e. The van der Waals surface area contributed by atoms with Crippen molar-refractivity contribution in [1.82, 2.24) is 0 Å². The van der Waals surface area contributed by atoms with E-state index in [0.717, 1.165) is 32.8 Å². The predicted molar refractivity (Wildman–Crippen MR) is 46.0 cm³/mol. The van der Waals surface area contributed by atoms with E-state index in [2.05, 4.69) is 6.92 Å². The summed E-state index contributed by atoms with van der Waals surface area (Å²) < 4.78 is 15.6. The lowest BCUT2D eigenvalue weighted by Crippen LogP contribution is -2.45. The molecule has 1 fully saturated rings. The Hall–Kier alpha value is -0.120. The van der Waals surface area contributed by atoms with Crippen LogP contribution in [0.4, 0.5) is 0 Å². The molecule has 0 N–H and O–H groups in total. The summed E-state index contributed by atoms with van der Waals surface area (Å²) in [7, 11) is 0. The molecule has 0 spiro atoms. The Bertz CT molecular complexity index is 115. The van der Waals surface area contributed by atoms with Crippen LogP contribution >= 0.6 is 0 Å². The van der Waals surface area contributed by atoms with Crippen molar-refractivity contribution < 1.29 is 14.2 Å². The lowest BCUT2D eigenvalue weighted by atomic mass is 9.84. The van der Waals surface area contributed by atoms with Gasteiger partial charge in [0, 0.05) is 12.0 Å². The topological polar surface area (TPSA) is 27.7 Å². The van der Waals surface area contributed by atoms with Gasteiger partial charge < -0.3 is 14.2 Å². The molecule has 1 rings (SSSR count). The van der Waals surface area contributed by atoms with Gasteiger partial charge in [-0.05, 0) is 13.3 Å². The summed E-state index contributed by atoms with van der Waals surface area (Å²) in [5.41, 5.74) is 0.289. The molecule has 1 heterocycles. The zero-order chi connectivity index (χ0) is 8.86. The third-order valence-corrected chi connectivity index (χ3v) is 2.35. The van der Waals surface area contributed by atoms with E-state index in [4.69, 9.17) is 14.2 Å². The molecule has 0 atom stereocenters. The van der Waals surface area contributed by atoms with E-state index < -0.39 is 0 Å². The fourth-order valence-electron chi connectivity index (χ4n) is 1.18. The molecule has 0 amide bonds. The minimum Gasteiger partial charge on any atom is -0.380 e. The SMILES string of the molecule is CCOCOCC1(CC)COC1. The molecule has 0 unspecified atom stereocenters. The van der Waals surface area contributed by atoms with Gasteiger partial charge in [-0.25, -0.2) is 0 Å². The first-order valence-electron chi connectivity index (χ1n) is 4.56. The highest BCUT2D eigenvalue weighted by atomic mass is 16.7. The van der Waals surface area contributed by atoms with Gasteiger partial charge in [-0.2, -0.15) is 0 Å². The number of rotatable bonds is 6. The Balaban J connectivity index is 2.04. The fraction of sp³-hybridized carbons (Fsp3) is 1.00. The summed E-state index contributed by atoms with van der Waals surface area (Å²) in [5.74, 6) is 0. The summed E-state index contributed by atoms with van der Waals surface area (Å²) in [6.07, 6.45) is 1.12. The minimum atomic E-state index is 0.289. The van der Waals surface area contributed by atoms with Crippen LogP contribution < -0.4 is 0 Å². The van der Waals surface area contributed by atoms with Crippen molar-refractivity contribution in [3.63, 3.8) is 0 Å². The summed E-state index contributed by atoms with van der Waals surface area (Å²) in [6, 6.07) is 0. The van der Waals surface area contributed by atoms with Gasteiger partial charge in [-0.15, -0.1) is 0 Å². The molecule has 0 bridgehead atoms. The predicted octanol–water partition coefficient (Wildman–Crippen LogP) is 1.42. The summed E-state index contributed by atoms with van der Waals surface area (Å²) in [5, 5.41) is 0. The third-order valence-electron chi connectivity index (χ3n) is 2.35. The highest BCUT2D eigenvalue weighted by molar-refractivity contribution is 4.83. The first kappa shape index (κ1) is 9.96. The molecule has 1 aliphatic rings. The zero-order valence-electron chi connectivity index (χ0n) is 7.97. The van der Waals surface area contributed by atoms with Crippen molar-refractivity contribution in [2.24, 2.45) is 5.41 Å². The van der Waals surface area contributed by atoms with Crippen LogP contribution in [0, 0.1) is 5.41 Å². The molecule has 0 saturated carbocycles. The maximum Gasteiger partial charge on any atom is 0.146 e. The summed E-state index contributed by atoms with van der Waals surface area (Å²) in [4.78, 5) is 0. The Morgan fingerprint density at radius 3 is 2.42 bits per heavy atom. The number of ether oxygens (including phenoxy) is 3. The van der Waals surface area contributed by atoms with Crippen LogP contribution in [-0.2, 0) is 14.2 Å². The van der Waals surface area contributed by atoms with E-state index >= 15 is 0 Å². The Kier molecular flexibility index (Phi) is 3.98. The second-order valence-electron chi connectivity index (χ2n) is 3.31. The van der Waals surface area contributed by atoms with Crippen LogP contribution in [-0.4, -0.2) is 33.2 Å². The van der Waals surface area contributed by atoms with Gasteiger partial charge in [0.1, 0.15) is 6.79 Å². The van der Waals surface area contributed by atoms with Crippen LogP contribution in [0.1, 0.15) is 20.3 Å². The van der Waals surface area contributed by atoms with Crippen molar-refractivity contribution in [3.05, 3.63) is 0 Å². The van der Waals surface area contributed by atoms with Gasteiger partial charge in [0.15, 0.2) is 0 Å². The van der Waals surface area contributed by atoms with Crippen LogP contribution in [0.15, 0.2) is 0 Å². The molecule has 12 heavy (non-hydrogen) atoms. The quantitative estimate of drug-likeness (QED) is 0.450. The average molecular weight is 174 g/mol. The first-order chi connectivity index (χ1) is 5.83. The second kappa shape index (κ2) is 4.80. The van der Waals surface area contributed by atoms with Gasteiger partial charge in [0.05, 0.1) is 19.8 Å². The molecule has 1 saturated heterocycles. The molecule has 3 nitrogen and oxygen atoms in total. The standard InChI is InChI=1S/C9H18O3/c1-3-9(5-11-6-9)7-12-8-10-4-2/h3-8H2,1-2H3. The second-order valence-corrected chi connectivity index (χ2v) is 3.31. The smallest absolute Gasteiger partial charge is 0.146 e. The maximum atomic E-state index is 5.37. The van der Waals surface area contributed by atoms with Crippen molar-refractivity contribution in [2.75, 3.05) is 33.2 Å². The van der Waals surface area contributed by atoms with E-state index in [1.54, 1.807) is 0 Å². The average Bonchev–Trinajstić information content (AvgIpc) is 2.02. The zero-order valence-corrected chi connectivity index (χ0v) is 7.97. The van der Waals surface area contributed by atoms with Crippen molar-refractivity contribution in [1.29, 1.82) is 0 Å². The molecular formula is C9H18O3. The van der Waals surface area contributed by atoms with E-state index in [9.17, 15) is 0 Å². The summed E-state index contributed by atoms with van der Waals surface area (Å²) in [6.45, 7) is 7.72. The van der Waals surface area contributed by atoms with Gasteiger partial charge in [-0.1, -0.05) is 6.92 Å². The van der Waals surface area contributed by atoms with E-state index in [1.165, 1.54) is 0 Å². The van der Waals surface area contributed by atoms with Crippen molar-refractivity contribution in [3.8, 4) is 0 Å². The van der Waals surface area contributed by atoms with E-state index in [1.807, 2.05) is 6.92 Å². The Morgan fingerprint density at radius 2 is 2.00 bits per heavy atom. The van der Waals surface area contributed by atoms with Crippen molar-refractivity contribution in [2.45, 2.75) is 20.3 Å². The van der Waals surface area contributed by atoms with E-state index in [-0.39, 0.29) is 5.41 Å². The molecule has 0 aliphatic carbocycles. The van der Waals surface area contributed by atoms with Crippen LogP contribution in [0.25, 0.3) is 0 Å². The Labute approximate surface area is 74.0 Å². The number of hydrogen-bond acceptors (Lipinski definition) is 3. The maximum absolute atomic E-state index is 5.37. The lowest BCUT2D eigenvalue weighted by molar-refractivity contribution is -0.172. The molecule has 0 aromatic carbocycles. The van der Waals surface area contributed by atoms with Crippen LogP contribution in [0.3, 0.4) is 0 Å². The molecule has 72 valence electrons. The number of hydrogen-bond donors (Lipinski definition) is 0. The molecular weight excluding hydrogens is 156 g/mol. The summed E-state index contributed by atoms with van der Waals surface area (Å²) >= 11 is 0. The molecule has 0 aromatic rings. The molecule has 0 radical (unpaired) electrons. The highest BCUT2D eigenvalue weighted by Gasteiger charge is 2.36. The normalized spacial score (nSPS) is 20.5. The Morgan fingerprint density at radius 1 is 1.25 bits per heavy atom. The van der Waals surface area contributed by atoms with Gasteiger partial charge in [0.25, 0.3) is 0 Å². The van der Waals surface area contributed by atoms with Crippen LogP contribution in [0.2, 0.25) is 0 Å². The minimum absolute atomic E-state index is 0.289. The van der Waals surface area contributed by atoms with Crippen LogP contribution in [0.5, 0.6) is 0 Å². The lowest BCUT2D eigenvalue weighted by Gasteiger charge is -2.40. The van der Waals surface area contributed by atoms with Gasteiger partial charge >= 0.3 is 0 Å². The molecule has 0 aromatic heterocycles. The fourth-order valence-corrected chi connectivity index (χ4v) is 1.18. The van der Waals surface area contributed by atoms with Crippen molar-refractivity contribution >= 4 is 0 Å². The van der Waals surface area contributed by atoms with E-state index in [0.29, 0.717) is 6.79 Å². The van der Waals surface area contributed by atoms with Gasteiger partial charge in [-0.3, -0.25) is 0 Å². The monoisotopic (exact) mass is 174 g/mol. The highest BCUT2D eigenvalue weighted by Crippen LogP contribution is 2.31.